The summed E-state index contributed by atoms with van der Waals surface area (Å²) in [7, 11) is 0. The predicted molar refractivity (Wildman–Crippen MR) is 78.1 cm³/mol. The van der Waals surface area contributed by atoms with Gasteiger partial charge in [-0.3, -0.25) is 4.79 Å². The van der Waals surface area contributed by atoms with Crippen LogP contribution in [0.5, 0.6) is 0 Å². The molecule has 2 unspecified atom stereocenters. The largest absolute Gasteiger partial charge is 0.356 e. The van der Waals surface area contributed by atoms with Crippen molar-refractivity contribution in [2.75, 3.05) is 32.7 Å². The summed E-state index contributed by atoms with van der Waals surface area (Å²) in [6.07, 6.45) is 6.99. The highest BCUT2D eigenvalue weighted by Gasteiger charge is 2.18. The second-order valence-electron chi connectivity index (χ2n) is 6.27. The van der Waals surface area contributed by atoms with Crippen LogP contribution in [-0.2, 0) is 4.79 Å². The maximum absolute atomic E-state index is 11.9. The zero-order valence-electron chi connectivity index (χ0n) is 12.3. The predicted octanol–water partition coefficient (Wildman–Crippen LogP) is 1.37. The van der Waals surface area contributed by atoms with Crippen molar-refractivity contribution >= 4 is 5.91 Å². The summed E-state index contributed by atoms with van der Waals surface area (Å²) in [5, 5.41) is 6.53. The Bertz CT molecular complexity index is 271. The third-order valence-electron chi connectivity index (χ3n) is 4.26. The van der Waals surface area contributed by atoms with Gasteiger partial charge in [-0.05, 0) is 51.2 Å². The Kier molecular flexibility index (Phi) is 6.11. The number of carbonyl (C=O) groups excluding carboxylic acids is 1. The van der Waals surface area contributed by atoms with Crippen molar-refractivity contribution in [3.8, 4) is 0 Å². The first kappa shape index (κ1) is 14.8. The van der Waals surface area contributed by atoms with E-state index in [4.69, 9.17) is 0 Å². The molecule has 4 nitrogen and oxygen atoms in total. The molecule has 2 aliphatic heterocycles. The van der Waals surface area contributed by atoms with Crippen LogP contribution in [0.4, 0.5) is 0 Å². The summed E-state index contributed by atoms with van der Waals surface area (Å²) < 4.78 is 0. The third-order valence-corrected chi connectivity index (χ3v) is 4.26. The number of rotatable bonds is 6. The van der Waals surface area contributed by atoms with Gasteiger partial charge >= 0.3 is 0 Å². The molecule has 2 saturated heterocycles. The van der Waals surface area contributed by atoms with E-state index in [1.165, 1.54) is 38.8 Å². The maximum atomic E-state index is 11.9. The van der Waals surface area contributed by atoms with Crippen molar-refractivity contribution in [1.82, 2.24) is 15.5 Å². The summed E-state index contributed by atoms with van der Waals surface area (Å²) in [6.45, 7) is 7.74. The summed E-state index contributed by atoms with van der Waals surface area (Å²) in [4.78, 5) is 14.4. The van der Waals surface area contributed by atoms with Crippen LogP contribution in [0.2, 0.25) is 0 Å². The molecule has 2 aliphatic rings. The topological polar surface area (TPSA) is 44.4 Å². The lowest BCUT2D eigenvalue weighted by Crippen LogP contribution is -2.40. The van der Waals surface area contributed by atoms with Crippen molar-refractivity contribution in [2.24, 2.45) is 5.92 Å². The standard InChI is InChI=1S/C15H29N3O/c1-13(12-18-8-4-5-9-18)11-17-15(19)10-14-6-2-3-7-16-14/h13-14,16H,2-12H2,1H3,(H,17,19). The Morgan fingerprint density at radius 3 is 2.79 bits per heavy atom. The second-order valence-corrected chi connectivity index (χ2v) is 6.27. The fourth-order valence-corrected chi connectivity index (χ4v) is 3.15. The zero-order chi connectivity index (χ0) is 13.5. The van der Waals surface area contributed by atoms with Crippen molar-refractivity contribution in [3.05, 3.63) is 0 Å². The molecule has 0 bridgehead atoms. The Morgan fingerprint density at radius 1 is 1.32 bits per heavy atom. The number of amides is 1. The molecule has 0 aromatic rings. The molecule has 110 valence electrons. The lowest BCUT2D eigenvalue weighted by Gasteiger charge is -2.24. The van der Waals surface area contributed by atoms with E-state index in [-0.39, 0.29) is 5.91 Å². The minimum absolute atomic E-state index is 0.215. The molecule has 2 N–H and O–H groups in total. The van der Waals surface area contributed by atoms with E-state index < -0.39 is 0 Å². The number of likely N-dealkylation sites (tertiary alicyclic amines) is 1. The van der Waals surface area contributed by atoms with Crippen LogP contribution in [0, 0.1) is 5.92 Å². The molecule has 2 rings (SSSR count). The zero-order valence-corrected chi connectivity index (χ0v) is 12.3. The Hall–Kier alpha value is -0.610. The minimum Gasteiger partial charge on any atom is -0.356 e. The van der Waals surface area contributed by atoms with E-state index in [1.54, 1.807) is 0 Å². The van der Waals surface area contributed by atoms with Crippen LogP contribution in [0.3, 0.4) is 0 Å². The first-order valence-electron chi connectivity index (χ1n) is 7.96. The molecule has 2 atom stereocenters. The average molecular weight is 267 g/mol. The van der Waals surface area contributed by atoms with Gasteiger partial charge in [0.05, 0.1) is 0 Å². The van der Waals surface area contributed by atoms with Gasteiger partial charge in [-0.15, -0.1) is 0 Å². The van der Waals surface area contributed by atoms with E-state index in [1.807, 2.05) is 0 Å². The van der Waals surface area contributed by atoms with Gasteiger partial charge in [-0.25, -0.2) is 0 Å². The number of hydrogen-bond donors (Lipinski definition) is 2. The highest BCUT2D eigenvalue weighted by molar-refractivity contribution is 5.76. The van der Waals surface area contributed by atoms with Crippen LogP contribution < -0.4 is 10.6 Å². The molecule has 1 amide bonds. The van der Waals surface area contributed by atoms with Gasteiger partial charge in [0.2, 0.25) is 5.91 Å². The number of nitrogens with zero attached hydrogens (tertiary/aromatic N) is 1. The number of piperidine rings is 1. The molecule has 2 heterocycles. The van der Waals surface area contributed by atoms with Crippen LogP contribution >= 0.6 is 0 Å². The normalized spacial score (nSPS) is 26.3. The van der Waals surface area contributed by atoms with Gasteiger partial charge in [0, 0.05) is 25.6 Å². The van der Waals surface area contributed by atoms with Crippen LogP contribution in [0.1, 0.15) is 45.4 Å². The molecule has 2 fully saturated rings. The first-order chi connectivity index (χ1) is 9.24. The Labute approximate surface area is 117 Å². The van der Waals surface area contributed by atoms with Crippen LogP contribution in [0.25, 0.3) is 0 Å². The molecule has 0 saturated carbocycles. The van der Waals surface area contributed by atoms with Crippen molar-refractivity contribution < 1.29 is 4.79 Å². The lowest BCUT2D eigenvalue weighted by molar-refractivity contribution is -0.121. The van der Waals surface area contributed by atoms with Crippen LogP contribution in [0.15, 0.2) is 0 Å². The lowest BCUT2D eigenvalue weighted by atomic mass is 10.0. The maximum Gasteiger partial charge on any atom is 0.221 e. The van der Waals surface area contributed by atoms with E-state index in [0.29, 0.717) is 18.4 Å². The Morgan fingerprint density at radius 2 is 2.11 bits per heavy atom. The van der Waals surface area contributed by atoms with E-state index in [2.05, 4.69) is 22.5 Å². The number of nitrogens with one attached hydrogen (secondary N) is 2. The smallest absolute Gasteiger partial charge is 0.221 e. The van der Waals surface area contributed by atoms with Crippen molar-refractivity contribution in [2.45, 2.75) is 51.5 Å². The van der Waals surface area contributed by atoms with E-state index >= 15 is 0 Å². The van der Waals surface area contributed by atoms with Gasteiger partial charge in [-0.1, -0.05) is 13.3 Å². The minimum atomic E-state index is 0.215. The summed E-state index contributed by atoms with van der Waals surface area (Å²) >= 11 is 0. The average Bonchev–Trinajstić information content (AvgIpc) is 2.90. The van der Waals surface area contributed by atoms with E-state index in [9.17, 15) is 4.79 Å². The van der Waals surface area contributed by atoms with Gasteiger partial charge in [0.15, 0.2) is 0 Å². The molecule has 0 aliphatic carbocycles. The van der Waals surface area contributed by atoms with Gasteiger partial charge in [0.1, 0.15) is 0 Å². The number of hydrogen-bond acceptors (Lipinski definition) is 3. The summed E-state index contributed by atoms with van der Waals surface area (Å²) in [6, 6.07) is 0.405. The van der Waals surface area contributed by atoms with E-state index in [0.717, 1.165) is 26.1 Å². The van der Waals surface area contributed by atoms with Crippen molar-refractivity contribution in [1.29, 1.82) is 0 Å². The SMILES string of the molecule is CC(CNC(=O)CC1CCCCN1)CN1CCCC1. The van der Waals surface area contributed by atoms with Gasteiger partial charge in [-0.2, -0.15) is 0 Å². The summed E-state index contributed by atoms with van der Waals surface area (Å²) in [5.41, 5.74) is 0. The molecular weight excluding hydrogens is 238 g/mol. The first-order valence-corrected chi connectivity index (χ1v) is 7.96. The molecule has 19 heavy (non-hydrogen) atoms. The quantitative estimate of drug-likeness (QED) is 0.764. The Balaban J connectivity index is 1.56. The molecule has 4 heteroatoms. The fraction of sp³-hybridized carbons (Fsp3) is 0.933. The van der Waals surface area contributed by atoms with Crippen molar-refractivity contribution in [3.63, 3.8) is 0 Å². The molecular formula is C15H29N3O. The third kappa shape index (κ3) is 5.49. The van der Waals surface area contributed by atoms with Gasteiger partial charge < -0.3 is 15.5 Å². The molecule has 0 radical (unpaired) electrons. The highest BCUT2D eigenvalue weighted by atomic mass is 16.1. The summed E-state index contributed by atoms with van der Waals surface area (Å²) in [5.74, 6) is 0.772. The monoisotopic (exact) mass is 267 g/mol. The molecule has 0 spiro atoms. The van der Waals surface area contributed by atoms with Gasteiger partial charge in [0.25, 0.3) is 0 Å². The highest BCUT2D eigenvalue weighted by Crippen LogP contribution is 2.11. The second kappa shape index (κ2) is 7.85. The molecule has 0 aromatic heterocycles. The number of carbonyl (C=O) groups is 1. The molecule has 0 aromatic carbocycles. The fourth-order valence-electron chi connectivity index (χ4n) is 3.15. The van der Waals surface area contributed by atoms with Crippen LogP contribution in [-0.4, -0.2) is 49.6 Å².